The lowest BCUT2D eigenvalue weighted by Crippen LogP contribution is -2.28. The van der Waals surface area contributed by atoms with Crippen LogP contribution < -0.4 is 5.32 Å². The zero-order chi connectivity index (χ0) is 18.2. The maximum Gasteiger partial charge on any atom is 0.412 e. The molecule has 0 saturated carbocycles. The number of anilines is 1. The molecule has 3 rings (SSSR count). The van der Waals surface area contributed by atoms with Crippen molar-refractivity contribution in [2.24, 2.45) is 0 Å². The van der Waals surface area contributed by atoms with Gasteiger partial charge < -0.3 is 9.47 Å². The Kier molecular flexibility index (Phi) is 4.24. The van der Waals surface area contributed by atoms with E-state index in [0.29, 0.717) is 24.2 Å². The van der Waals surface area contributed by atoms with E-state index in [1.807, 2.05) is 16.8 Å². The van der Waals surface area contributed by atoms with Gasteiger partial charge in [-0.15, -0.1) is 0 Å². The number of esters is 1. The van der Waals surface area contributed by atoms with E-state index in [0.717, 1.165) is 16.8 Å². The van der Waals surface area contributed by atoms with E-state index in [2.05, 4.69) is 10.4 Å². The van der Waals surface area contributed by atoms with E-state index >= 15 is 0 Å². The van der Waals surface area contributed by atoms with Crippen molar-refractivity contribution in [2.75, 3.05) is 12.4 Å². The summed E-state index contributed by atoms with van der Waals surface area (Å²) in [4.78, 5) is 24.5. The van der Waals surface area contributed by atoms with Gasteiger partial charge in [-0.05, 0) is 44.9 Å². The summed E-state index contributed by atoms with van der Waals surface area (Å²) in [5, 5.41) is 6.94. The largest absolute Gasteiger partial charge is 0.465 e. The van der Waals surface area contributed by atoms with Gasteiger partial charge in [-0.1, -0.05) is 6.07 Å². The molecule has 132 valence electrons. The standard InChI is InChI=1S/C18H21N3O4/c1-18(2,3)25-17(23)20-13-6-5-11-12(15(13)16(22)24-4)8-10-21-14(11)7-9-19-21/h5-7,9H,8,10H2,1-4H3,(H,20,23). The molecule has 0 saturated heterocycles. The van der Waals surface area contributed by atoms with Gasteiger partial charge in [0.05, 0.1) is 24.1 Å². The Labute approximate surface area is 145 Å². The van der Waals surface area contributed by atoms with Crippen LogP contribution in [0.5, 0.6) is 0 Å². The Morgan fingerprint density at radius 3 is 2.68 bits per heavy atom. The summed E-state index contributed by atoms with van der Waals surface area (Å²) in [6.45, 7) is 6.00. The molecule has 1 aliphatic rings. The molecule has 7 nitrogen and oxygen atoms in total. The molecule has 0 atom stereocenters. The summed E-state index contributed by atoms with van der Waals surface area (Å²) in [5.74, 6) is -0.490. The number of benzene rings is 1. The van der Waals surface area contributed by atoms with Crippen molar-refractivity contribution in [2.45, 2.75) is 39.3 Å². The van der Waals surface area contributed by atoms with Crippen molar-refractivity contribution in [3.05, 3.63) is 35.5 Å². The van der Waals surface area contributed by atoms with E-state index in [1.165, 1.54) is 7.11 Å². The number of fused-ring (bicyclic) bond motifs is 3. The first kappa shape index (κ1) is 17.0. The highest BCUT2D eigenvalue weighted by molar-refractivity contribution is 6.03. The number of aryl methyl sites for hydroxylation is 1. The number of amides is 1. The second-order valence-corrected chi connectivity index (χ2v) is 6.82. The minimum absolute atomic E-state index is 0.360. The monoisotopic (exact) mass is 343 g/mol. The van der Waals surface area contributed by atoms with Gasteiger partial charge in [0.15, 0.2) is 0 Å². The fourth-order valence-corrected chi connectivity index (χ4v) is 2.96. The molecule has 0 unspecified atom stereocenters. The van der Waals surface area contributed by atoms with Crippen molar-refractivity contribution in [1.82, 2.24) is 9.78 Å². The van der Waals surface area contributed by atoms with Crippen LogP contribution in [0.1, 0.15) is 36.7 Å². The van der Waals surface area contributed by atoms with Crippen molar-refractivity contribution < 1.29 is 19.1 Å². The number of rotatable bonds is 2. The predicted octanol–water partition coefficient (Wildman–Crippen LogP) is 3.24. The molecule has 2 heterocycles. The topological polar surface area (TPSA) is 82.5 Å². The van der Waals surface area contributed by atoms with Gasteiger partial charge in [0.1, 0.15) is 5.60 Å². The summed E-state index contributed by atoms with van der Waals surface area (Å²) in [5.41, 5.74) is 2.81. The van der Waals surface area contributed by atoms with Crippen LogP contribution in [0.2, 0.25) is 0 Å². The highest BCUT2D eigenvalue weighted by Crippen LogP contribution is 2.35. The van der Waals surface area contributed by atoms with Crippen LogP contribution in [0.15, 0.2) is 24.4 Å². The number of nitrogens with one attached hydrogen (secondary N) is 1. The van der Waals surface area contributed by atoms with Crippen LogP contribution in [-0.2, 0) is 22.4 Å². The molecule has 0 aliphatic carbocycles. The zero-order valence-corrected chi connectivity index (χ0v) is 14.8. The summed E-state index contributed by atoms with van der Waals surface area (Å²) >= 11 is 0. The molecule has 7 heteroatoms. The third-order valence-electron chi connectivity index (χ3n) is 3.90. The lowest BCUT2D eigenvalue weighted by atomic mass is 9.92. The minimum atomic E-state index is -0.629. The first-order valence-electron chi connectivity index (χ1n) is 8.06. The van der Waals surface area contributed by atoms with Crippen molar-refractivity contribution in [3.63, 3.8) is 0 Å². The van der Waals surface area contributed by atoms with Crippen LogP contribution in [0.3, 0.4) is 0 Å². The van der Waals surface area contributed by atoms with Crippen molar-refractivity contribution in [1.29, 1.82) is 0 Å². The molecule has 0 bridgehead atoms. The van der Waals surface area contributed by atoms with Crippen LogP contribution in [0.4, 0.5) is 10.5 Å². The predicted molar refractivity (Wildman–Crippen MR) is 92.6 cm³/mol. The maximum atomic E-state index is 12.4. The Bertz CT molecular complexity index is 833. The Balaban J connectivity index is 2.03. The molecule has 0 fully saturated rings. The van der Waals surface area contributed by atoms with E-state index in [9.17, 15) is 9.59 Å². The second kappa shape index (κ2) is 6.23. The number of aromatic nitrogens is 2. The van der Waals surface area contributed by atoms with Gasteiger partial charge in [-0.2, -0.15) is 5.10 Å². The molecule has 2 aromatic rings. The Morgan fingerprint density at radius 2 is 2.00 bits per heavy atom. The van der Waals surface area contributed by atoms with Gasteiger partial charge in [-0.3, -0.25) is 10.00 Å². The van der Waals surface area contributed by atoms with Gasteiger partial charge in [0.25, 0.3) is 0 Å². The first-order valence-corrected chi connectivity index (χ1v) is 8.06. The van der Waals surface area contributed by atoms with Crippen LogP contribution >= 0.6 is 0 Å². The lowest BCUT2D eigenvalue weighted by molar-refractivity contribution is 0.0600. The highest BCUT2D eigenvalue weighted by atomic mass is 16.6. The maximum absolute atomic E-state index is 12.4. The molecule has 0 spiro atoms. The van der Waals surface area contributed by atoms with Gasteiger partial charge in [0, 0.05) is 18.3 Å². The molecule has 1 aromatic heterocycles. The zero-order valence-electron chi connectivity index (χ0n) is 14.8. The number of ether oxygens (including phenoxy) is 2. The molecular formula is C18H21N3O4. The molecule has 1 aromatic carbocycles. The average molecular weight is 343 g/mol. The summed E-state index contributed by atoms with van der Waals surface area (Å²) in [6.07, 6.45) is 1.74. The average Bonchev–Trinajstić information content (AvgIpc) is 3.00. The number of hydrogen-bond acceptors (Lipinski definition) is 5. The van der Waals surface area contributed by atoms with E-state index < -0.39 is 17.7 Å². The van der Waals surface area contributed by atoms with E-state index in [1.54, 1.807) is 33.0 Å². The fourth-order valence-electron chi connectivity index (χ4n) is 2.96. The summed E-state index contributed by atoms with van der Waals surface area (Å²) < 4.78 is 12.1. The number of carbonyl (C=O) groups is 2. The van der Waals surface area contributed by atoms with Gasteiger partial charge >= 0.3 is 12.1 Å². The third-order valence-corrected chi connectivity index (χ3v) is 3.90. The van der Waals surface area contributed by atoms with Gasteiger partial charge in [-0.25, -0.2) is 9.59 Å². The molecule has 1 aliphatic heterocycles. The van der Waals surface area contributed by atoms with Gasteiger partial charge in [0.2, 0.25) is 0 Å². The molecule has 25 heavy (non-hydrogen) atoms. The summed E-state index contributed by atoms with van der Waals surface area (Å²) in [7, 11) is 1.33. The van der Waals surface area contributed by atoms with Crippen LogP contribution in [0, 0.1) is 0 Å². The van der Waals surface area contributed by atoms with Crippen LogP contribution in [0.25, 0.3) is 11.3 Å². The van der Waals surface area contributed by atoms with Crippen molar-refractivity contribution >= 4 is 17.7 Å². The smallest absolute Gasteiger partial charge is 0.412 e. The molecule has 1 N–H and O–H groups in total. The first-order chi connectivity index (χ1) is 11.8. The minimum Gasteiger partial charge on any atom is -0.465 e. The van der Waals surface area contributed by atoms with Crippen molar-refractivity contribution in [3.8, 4) is 11.3 Å². The highest BCUT2D eigenvalue weighted by Gasteiger charge is 2.27. The van der Waals surface area contributed by atoms with E-state index in [4.69, 9.17) is 9.47 Å². The molecule has 1 amide bonds. The lowest BCUT2D eigenvalue weighted by Gasteiger charge is -2.24. The fraction of sp³-hybridized carbons (Fsp3) is 0.389. The molecular weight excluding hydrogens is 322 g/mol. The van der Waals surface area contributed by atoms with E-state index in [-0.39, 0.29) is 0 Å². The quantitative estimate of drug-likeness (QED) is 0.847. The third kappa shape index (κ3) is 3.35. The second-order valence-electron chi connectivity index (χ2n) is 6.82. The SMILES string of the molecule is COC(=O)c1c(NC(=O)OC(C)(C)C)ccc2c1CCn1nccc1-2. The number of carbonyl (C=O) groups excluding carboxylic acids is 2. The number of hydrogen-bond donors (Lipinski definition) is 1. The number of methoxy groups -OCH3 is 1. The normalized spacial score (nSPS) is 12.8. The molecule has 0 radical (unpaired) electrons. The Morgan fingerprint density at radius 1 is 1.24 bits per heavy atom. The number of nitrogens with zero attached hydrogens (tertiary/aromatic N) is 2. The summed E-state index contributed by atoms with van der Waals surface area (Å²) in [6, 6.07) is 5.47. The van der Waals surface area contributed by atoms with Crippen LogP contribution in [-0.4, -0.2) is 34.6 Å². The Hall–Kier alpha value is -2.83.